The first-order valence-corrected chi connectivity index (χ1v) is 11.8. The number of halogens is 1. The van der Waals surface area contributed by atoms with Crippen molar-refractivity contribution in [3.63, 3.8) is 0 Å². The van der Waals surface area contributed by atoms with Crippen molar-refractivity contribution in [1.29, 1.82) is 0 Å². The highest BCUT2D eigenvalue weighted by Crippen LogP contribution is 2.23. The van der Waals surface area contributed by atoms with Crippen LogP contribution < -0.4 is 11.1 Å². The van der Waals surface area contributed by atoms with E-state index in [4.69, 9.17) is 17.3 Å². The summed E-state index contributed by atoms with van der Waals surface area (Å²) in [5.41, 5.74) is 10.4. The molecular formula is C28H28ClN3O2. The summed E-state index contributed by atoms with van der Waals surface area (Å²) in [6, 6.07) is 23.5. The lowest BCUT2D eigenvalue weighted by Crippen LogP contribution is -2.38. The number of hydrogen-bond donors (Lipinski definition) is 2. The quantitative estimate of drug-likeness (QED) is 0.454. The van der Waals surface area contributed by atoms with E-state index in [0.29, 0.717) is 5.02 Å². The van der Waals surface area contributed by atoms with Crippen LogP contribution in [0.15, 0.2) is 78.9 Å². The third-order valence-electron chi connectivity index (χ3n) is 6.13. The zero-order valence-corrected chi connectivity index (χ0v) is 19.7. The van der Waals surface area contributed by atoms with Crippen molar-refractivity contribution in [3.05, 3.63) is 95.0 Å². The second-order valence-electron chi connectivity index (χ2n) is 8.60. The largest absolute Gasteiger partial charge is 0.369 e. The van der Waals surface area contributed by atoms with Gasteiger partial charge in [0.25, 0.3) is 0 Å². The first-order valence-electron chi connectivity index (χ1n) is 11.4. The van der Waals surface area contributed by atoms with Crippen LogP contribution in [0.2, 0.25) is 5.02 Å². The molecule has 3 aromatic rings. The molecule has 5 nitrogen and oxygen atoms in total. The van der Waals surface area contributed by atoms with E-state index in [9.17, 15) is 9.59 Å². The summed E-state index contributed by atoms with van der Waals surface area (Å²) < 4.78 is 0. The number of primary amides is 1. The Hall–Kier alpha value is -3.41. The molecule has 174 valence electrons. The zero-order valence-electron chi connectivity index (χ0n) is 18.9. The summed E-state index contributed by atoms with van der Waals surface area (Å²) in [6.45, 7) is 2.62. The molecule has 6 heteroatoms. The number of rotatable bonds is 7. The van der Waals surface area contributed by atoms with Crippen LogP contribution >= 0.6 is 11.6 Å². The minimum Gasteiger partial charge on any atom is -0.369 e. The van der Waals surface area contributed by atoms with Gasteiger partial charge in [0.05, 0.1) is 0 Å². The average molecular weight is 474 g/mol. The van der Waals surface area contributed by atoms with E-state index in [2.05, 4.69) is 22.3 Å². The summed E-state index contributed by atoms with van der Waals surface area (Å²) in [5.74, 6) is -0.355. The Labute approximate surface area is 205 Å². The fourth-order valence-electron chi connectivity index (χ4n) is 4.11. The maximum atomic E-state index is 12.3. The molecule has 0 unspecified atom stereocenters. The number of benzene rings is 3. The smallest absolute Gasteiger partial charge is 0.248 e. The van der Waals surface area contributed by atoms with Crippen molar-refractivity contribution in [2.45, 2.75) is 19.4 Å². The number of carbonyl (C=O) groups excluding carboxylic acids is 2. The Balaban J connectivity index is 1.27. The van der Waals surface area contributed by atoms with Crippen LogP contribution in [0.5, 0.6) is 0 Å². The minimum absolute atomic E-state index is 0.0105. The normalized spacial score (nSPS) is 14.9. The number of piperidine rings is 1. The van der Waals surface area contributed by atoms with Crippen molar-refractivity contribution in [2.24, 2.45) is 11.7 Å². The number of anilines is 1. The topological polar surface area (TPSA) is 75.4 Å². The summed E-state index contributed by atoms with van der Waals surface area (Å²) >= 11 is 5.95. The molecule has 0 aromatic heterocycles. The number of hydrogen-bond acceptors (Lipinski definition) is 3. The van der Waals surface area contributed by atoms with E-state index in [1.165, 1.54) is 11.6 Å². The molecule has 0 atom stereocenters. The van der Waals surface area contributed by atoms with E-state index in [0.717, 1.165) is 54.9 Å². The third kappa shape index (κ3) is 6.56. The lowest BCUT2D eigenvalue weighted by atomic mass is 9.96. The molecule has 0 aliphatic carbocycles. The highest BCUT2D eigenvalue weighted by Gasteiger charge is 2.22. The SMILES string of the molecule is NC(=O)C1CCN(Cc2ccc(/C=C/C(=O)Nc3ccc(-c4ccc(Cl)cc4)cc3)cc2)CC1. The molecule has 1 saturated heterocycles. The van der Waals surface area contributed by atoms with Crippen molar-refractivity contribution in [3.8, 4) is 11.1 Å². The van der Waals surface area contributed by atoms with Gasteiger partial charge in [-0.25, -0.2) is 0 Å². The van der Waals surface area contributed by atoms with Crippen LogP contribution in [0.25, 0.3) is 17.2 Å². The fraction of sp³-hybridized carbons (Fsp3) is 0.214. The van der Waals surface area contributed by atoms with E-state index in [1.54, 1.807) is 6.08 Å². The molecule has 3 aromatic carbocycles. The molecule has 3 N–H and O–H groups in total. The predicted molar refractivity (Wildman–Crippen MR) is 138 cm³/mol. The van der Waals surface area contributed by atoms with Crippen LogP contribution in [0.1, 0.15) is 24.0 Å². The second-order valence-corrected chi connectivity index (χ2v) is 9.04. The Kier molecular flexibility index (Phi) is 7.78. The summed E-state index contributed by atoms with van der Waals surface area (Å²) in [5, 5.41) is 3.60. The molecule has 1 aliphatic rings. The molecule has 0 saturated carbocycles. The van der Waals surface area contributed by atoms with Gasteiger partial charge in [0.1, 0.15) is 0 Å². The molecule has 0 radical (unpaired) electrons. The lowest BCUT2D eigenvalue weighted by molar-refractivity contribution is -0.123. The highest BCUT2D eigenvalue weighted by molar-refractivity contribution is 6.30. The number of nitrogens with zero attached hydrogens (tertiary/aromatic N) is 1. The molecule has 0 spiro atoms. The first-order chi connectivity index (χ1) is 16.5. The molecular weight excluding hydrogens is 446 g/mol. The summed E-state index contributed by atoms with van der Waals surface area (Å²) in [6.07, 6.45) is 5.00. The van der Waals surface area contributed by atoms with E-state index in [-0.39, 0.29) is 17.7 Å². The average Bonchev–Trinajstić information content (AvgIpc) is 2.85. The van der Waals surface area contributed by atoms with Gasteiger partial charge in [0, 0.05) is 29.2 Å². The van der Waals surface area contributed by atoms with Gasteiger partial charge < -0.3 is 11.1 Å². The Morgan fingerprint density at radius 1 is 0.912 bits per heavy atom. The van der Waals surface area contributed by atoms with E-state index < -0.39 is 0 Å². The lowest BCUT2D eigenvalue weighted by Gasteiger charge is -2.30. The number of carbonyl (C=O) groups is 2. The third-order valence-corrected chi connectivity index (χ3v) is 6.38. The maximum Gasteiger partial charge on any atom is 0.248 e. The van der Waals surface area contributed by atoms with E-state index >= 15 is 0 Å². The van der Waals surface area contributed by atoms with Crippen LogP contribution in [-0.2, 0) is 16.1 Å². The first kappa shape index (κ1) is 23.7. The molecule has 4 rings (SSSR count). The van der Waals surface area contributed by atoms with Gasteiger partial charge in [-0.2, -0.15) is 0 Å². The molecule has 1 heterocycles. The number of likely N-dealkylation sites (tertiary alicyclic amines) is 1. The standard InChI is InChI=1S/C28H28ClN3O2/c29-25-10-6-22(7-11-25)23-8-12-26(13-9-23)31-27(33)14-5-20-1-3-21(4-2-20)19-32-17-15-24(16-18-32)28(30)34/h1-14,24H,15-19H2,(H2,30,34)(H,31,33)/b14-5+. The Bertz CT molecular complexity index is 1150. The number of nitrogens with one attached hydrogen (secondary N) is 1. The van der Waals surface area contributed by atoms with Gasteiger partial charge in [-0.05, 0) is 78.5 Å². The van der Waals surface area contributed by atoms with Gasteiger partial charge in [0.2, 0.25) is 11.8 Å². The van der Waals surface area contributed by atoms with Gasteiger partial charge in [0.15, 0.2) is 0 Å². The number of amides is 2. The second kappa shape index (κ2) is 11.1. The van der Waals surface area contributed by atoms with Crippen molar-refractivity contribution in [1.82, 2.24) is 4.90 Å². The fourth-order valence-corrected chi connectivity index (χ4v) is 4.24. The van der Waals surface area contributed by atoms with Crippen molar-refractivity contribution >= 4 is 35.2 Å². The summed E-state index contributed by atoms with van der Waals surface area (Å²) in [7, 11) is 0. The van der Waals surface area contributed by atoms with E-state index in [1.807, 2.05) is 60.7 Å². The van der Waals surface area contributed by atoms with Gasteiger partial charge >= 0.3 is 0 Å². The van der Waals surface area contributed by atoms with Gasteiger partial charge in [-0.3, -0.25) is 14.5 Å². The Morgan fingerprint density at radius 2 is 1.50 bits per heavy atom. The van der Waals surface area contributed by atoms with Gasteiger partial charge in [-0.1, -0.05) is 60.1 Å². The van der Waals surface area contributed by atoms with Crippen LogP contribution in [0, 0.1) is 5.92 Å². The van der Waals surface area contributed by atoms with Crippen LogP contribution in [0.4, 0.5) is 5.69 Å². The molecule has 1 fully saturated rings. The molecule has 1 aliphatic heterocycles. The molecule has 2 amide bonds. The number of nitrogens with two attached hydrogens (primary N) is 1. The minimum atomic E-state index is -0.185. The molecule has 0 bridgehead atoms. The van der Waals surface area contributed by atoms with Crippen molar-refractivity contribution < 1.29 is 9.59 Å². The molecule has 34 heavy (non-hydrogen) atoms. The monoisotopic (exact) mass is 473 g/mol. The van der Waals surface area contributed by atoms with Crippen LogP contribution in [-0.4, -0.2) is 29.8 Å². The van der Waals surface area contributed by atoms with Gasteiger partial charge in [-0.15, -0.1) is 0 Å². The van der Waals surface area contributed by atoms with Crippen molar-refractivity contribution in [2.75, 3.05) is 18.4 Å². The predicted octanol–water partition coefficient (Wildman–Crippen LogP) is 5.36. The van der Waals surface area contributed by atoms with Crippen LogP contribution in [0.3, 0.4) is 0 Å². The highest BCUT2D eigenvalue weighted by atomic mass is 35.5. The Morgan fingerprint density at radius 3 is 2.09 bits per heavy atom. The maximum absolute atomic E-state index is 12.3. The zero-order chi connectivity index (χ0) is 23.9. The summed E-state index contributed by atoms with van der Waals surface area (Å²) in [4.78, 5) is 26.0.